The molecule has 0 aliphatic carbocycles. The van der Waals surface area contributed by atoms with Crippen LogP contribution in [0.3, 0.4) is 0 Å². The van der Waals surface area contributed by atoms with E-state index in [-0.39, 0.29) is 10.8 Å². The van der Waals surface area contributed by atoms with Crippen LogP contribution < -0.4 is 0 Å². The summed E-state index contributed by atoms with van der Waals surface area (Å²) in [4.78, 5) is 0. The van der Waals surface area contributed by atoms with Crippen molar-refractivity contribution in [1.29, 1.82) is 0 Å². The van der Waals surface area contributed by atoms with Gasteiger partial charge in [-0.25, -0.2) is 0 Å². The van der Waals surface area contributed by atoms with Crippen LogP contribution in [0.2, 0.25) is 0 Å². The summed E-state index contributed by atoms with van der Waals surface area (Å²) in [7, 11) is -2.52. The highest BCUT2D eigenvalue weighted by Gasteiger charge is 2.90. The van der Waals surface area contributed by atoms with Gasteiger partial charge in [0, 0.05) is 10.8 Å². The van der Waals surface area contributed by atoms with Crippen molar-refractivity contribution in [3.63, 3.8) is 0 Å². The minimum atomic E-state index is -1.26. The van der Waals surface area contributed by atoms with Gasteiger partial charge in [0.05, 0.1) is 21.6 Å². The lowest BCUT2D eigenvalue weighted by Crippen LogP contribution is -2.59. The molecule has 24 heavy (non-hydrogen) atoms. The molecule has 126 valence electrons. The van der Waals surface area contributed by atoms with E-state index < -0.39 is 29.8 Å². The molecule has 0 unspecified atom stereocenters. The van der Waals surface area contributed by atoms with Crippen molar-refractivity contribution in [3.8, 4) is 0 Å². The number of fused-ring (bicyclic) bond motifs is 1. The van der Waals surface area contributed by atoms with Gasteiger partial charge in [0.1, 0.15) is 0 Å². The van der Waals surface area contributed by atoms with Crippen LogP contribution in [0.4, 0.5) is 0 Å². The van der Waals surface area contributed by atoms with Crippen LogP contribution >= 0.6 is 0 Å². The first-order chi connectivity index (χ1) is 11.3. The van der Waals surface area contributed by atoms with Crippen molar-refractivity contribution in [2.45, 2.75) is 35.9 Å². The Labute approximate surface area is 148 Å². The van der Waals surface area contributed by atoms with Crippen LogP contribution in [-0.2, 0) is 29.8 Å². The molecule has 5 rings (SSSR count). The van der Waals surface area contributed by atoms with E-state index in [9.17, 15) is 8.42 Å². The minimum Gasteiger partial charge on any atom is -0.256 e. The third-order valence-electron chi connectivity index (χ3n) is 6.56. The fourth-order valence-electron chi connectivity index (χ4n) is 4.72. The maximum absolute atomic E-state index is 13.8. The molecule has 0 atom stereocenters. The van der Waals surface area contributed by atoms with E-state index in [0.717, 1.165) is 11.1 Å². The lowest BCUT2D eigenvalue weighted by molar-refractivity contribution is 0.122. The SMILES string of the molecule is CC1(C)C2(c3ccccc3)S(=O)C(c3ccccc3)(S2=O)C1(C)C. The van der Waals surface area contributed by atoms with E-state index in [1.807, 2.05) is 60.7 Å². The highest BCUT2D eigenvalue weighted by molar-refractivity contribution is 8.21. The minimum absolute atomic E-state index is 0.368. The van der Waals surface area contributed by atoms with Gasteiger partial charge in [0.2, 0.25) is 0 Å². The molecular formula is C20H22O2S2. The molecule has 0 saturated carbocycles. The summed E-state index contributed by atoms with van der Waals surface area (Å²) in [5.41, 5.74) is 1.13. The van der Waals surface area contributed by atoms with E-state index in [1.165, 1.54) is 0 Å². The second-order valence-electron chi connectivity index (χ2n) is 7.75. The van der Waals surface area contributed by atoms with E-state index in [4.69, 9.17) is 0 Å². The lowest BCUT2D eigenvalue weighted by Gasteiger charge is -2.48. The fourth-order valence-corrected chi connectivity index (χ4v) is 11.8. The first kappa shape index (κ1) is 16.2. The first-order valence-corrected chi connectivity index (χ1v) is 10.5. The smallest absolute Gasteiger partial charge is 0.155 e. The summed E-state index contributed by atoms with van der Waals surface area (Å²) < 4.78 is 26.0. The molecule has 2 bridgehead atoms. The molecule has 2 aromatic rings. The van der Waals surface area contributed by atoms with Gasteiger partial charge >= 0.3 is 0 Å². The molecule has 0 amide bonds. The quantitative estimate of drug-likeness (QED) is 0.803. The van der Waals surface area contributed by atoms with Gasteiger partial charge in [0.15, 0.2) is 8.16 Å². The summed E-state index contributed by atoms with van der Waals surface area (Å²) in [6.45, 7) is 8.53. The third kappa shape index (κ3) is 1.34. The summed E-state index contributed by atoms with van der Waals surface area (Å²) in [6, 6.07) is 19.6. The largest absolute Gasteiger partial charge is 0.256 e. The zero-order valence-electron chi connectivity index (χ0n) is 14.4. The van der Waals surface area contributed by atoms with Crippen molar-refractivity contribution in [3.05, 3.63) is 71.8 Å². The van der Waals surface area contributed by atoms with Crippen LogP contribution in [0.1, 0.15) is 38.8 Å². The second-order valence-corrected chi connectivity index (χ2v) is 11.8. The second kappa shape index (κ2) is 4.67. The highest BCUT2D eigenvalue weighted by atomic mass is 32.3. The monoisotopic (exact) mass is 358 g/mol. The maximum Gasteiger partial charge on any atom is 0.155 e. The molecule has 3 heterocycles. The van der Waals surface area contributed by atoms with Gasteiger partial charge in [-0.05, 0) is 11.1 Å². The van der Waals surface area contributed by atoms with Crippen LogP contribution in [0.5, 0.6) is 0 Å². The number of rotatable bonds is 2. The van der Waals surface area contributed by atoms with Gasteiger partial charge in [-0.15, -0.1) is 0 Å². The molecule has 3 aliphatic heterocycles. The summed E-state index contributed by atoms with van der Waals surface area (Å²) >= 11 is 0. The van der Waals surface area contributed by atoms with Gasteiger partial charge in [-0.3, -0.25) is 8.42 Å². The number of benzene rings is 2. The van der Waals surface area contributed by atoms with Crippen molar-refractivity contribution in [1.82, 2.24) is 0 Å². The Hall–Kier alpha value is -1.26. The topological polar surface area (TPSA) is 34.1 Å². The Kier molecular flexibility index (Phi) is 3.16. The molecule has 0 aromatic heterocycles. The predicted molar refractivity (Wildman–Crippen MR) is 100 cm³/mol. The Morgan fingerprint density at radius 1 is 0.583 bits per heavy atom. The van der Waals surface area contributed by atoms with E-state index in [2.05, 4.69) is 27.7 Å². The summed E-state index contributed by atoms with van der Waals surface area (Å²) in [5, 5.41) is 0. The molecular weight excluding hydrogens is 336 g/mol. The number of hydrogen-bond donors (Lipinski definition) is 0. The normalized spacial score (nSPS) is 38.5. The predicted octanol–water partition coefficient (Wildman–Crippen LogP) is 4.27. The Balaban J connectivity index is 2.06. The molecule has 0 spiro atoms. The van der Waals surface area contributed by atoms with Crippen molar-refractivity contribution in [2.75, 3.05) is 0 Å². The van der Waals surface area contributed by atoms with E-state index >= 15 is 0 Å². The van der Waals surface area contributed by atoms with Crippen LogP contribution in [-0.4, -0.2) is 8.42 Å². The van der Waals surface area contributed by atoms with Gasteiger partial charge < -0.3 is 0 Å². The molecule has 3 aliphatic rings. The fraction of sp³-hybridized carbons (Fsp3) is 0.400. The summed E-state index contributed by atoms with van der Waals surface area (Å²) in [5.74, 6) is 0. The lowest BCUT2D eigenvalue weighted by atomic mass is 9.62. The molecule has 3 saturated heterocycles. The first-order valence-electron chi connectivity index (χ1n) is 8.22. The third-order valence-corrected chi connectivity index (χ3v) is 13.4. The average Bonchev–Trinajstić information content (AvgIpc) is 2.76. The summed E-state index contributed by atoms with van der Waals surface area (Å²) in [6.07, 6.45) is 0. The zero-order chi connectivity index (χ0) is 17.4. The van der Waals surface area contributed by atoms with Crippen molar-refractivity contribution >= 4 is 21.6 Å². The Morgan fingerprint density at radius 3 is 1.17 bits per heavy atom. The molecule has 3 fully saturated rings. The average molecular weight is 359 g/mol. The van der Waals surface area contributed by atoms with E-state index in [0.29, 0.717) is 0 Å². The van der Waals surface area contributed by atoms with Crippen molar-refractivity contribution in [2.24, 2.45) is 10.8 Å². The molecule has 2 nitrogen and oxygen atoms in total. The van der Waals surface area contributed by atoms with Crippen LogP contribution in [0, 0.1) is 10.8 Å². The molecule has 4 heteroatoms. The molecule has 2 aromatic carbocycles. The van der Waals surface area contributed by atoms with Crippen LogP contribution in [0.25, 0.3) is 0 Å². The maximum atomic E-state index is 13.8. The number of hydrogen-bond acceptors (Lipinski definition) is 2. The van der Waals surface area contributed by atoms with E-state index in [1.54, 1.807) is 0 Å². The highest BCUT2D eigenvalue weighted by Crippen LogP contribution is 2.83. The van der Waals surface area contributed by atoms with Gasteiger partial charge in [0.25, 0.3) is 0 Å². The van der Waals surface area contributed by atoms with Crippen LogP contribution in [0.15, 0.2) is 60.7 Å². The Morgan fingerprint density at radius 2 is 0.875 bits per heavy atom. The zero-order valence-corrected chi connectivity index (χ0v) is 16.0. The van der Waals surface area contributed by atoms with Crippen molar-refractivity contribution < 1.29 is 8.42 Å². The molecule has 0 N–H and O–H groups in total. The Bertz CT molecular complexity index is 768. The molecule has 0 radical (unpaired) electrons. The van der Waals surface area contributed by atoms with Gasteiger partial charge in [-0.2, -0.15) is 0 Å². The standard InChI is InChI=1S/C20H22O2S2/c1-17(2)18(3,4)20(16-13-9-6-10-14-16)23(21)19(17,24(20)22)15-11-7-5-8-12-15/h5-14H,1-4H3. The van der Waals surface area contributed by atoms with Gasteiger partial charge in [-0.1, -0.05) is 88.4 Å².